The lowest BCUT2D eigenvalue weighted by Gasteiger charge is -2.44. The molecule has 18 heavy (non-hydrogen) atoms. The quantitative estimate of drug-likeness (QED) is 0.793. The molecule has 0 unspecified atom stereocenters. The molecule has 1 heterocycles. The second-order valence-corrected chi connectivity index (χ2v) is 6.40. The maximum atomic E-state index is 6.22. The van der Waals surface area contributed by atoms with Crippen molar-refractivity contribution < 1.29 is 0 Å². The van der Waals surface area contributed by atoms with E-state index < -0.39 is 0 Å². The van der Waals surface area contributed by atoms with Gasteiger partial charge in [0.25, 0.3) is 0 Å². The number of aryl methyl sites for hydroxylation is 1. The van der Waals surface area contributed by atoms with Crippen LogP contribution in [0.3, 0.4) is 0 Å². The highest BCUT2D eigenvalue weighted by Crippen LogP contribution is 2.50. The van der Waals surface area contributed by atoms with Gasteiger partial charge in [-0.2, -0.15) is 0 Å². The summed E-state index contributed by atoms with van der Waals surface area (Å²) in [5.74, 6) is 0.998. The van der Waals surface area contributed by atoms with Gasteiger partial charge in [0.2, 0.25) is 0 Å². The molecule has 0 aliphatic heterocycles. The van der Waals surface area contributed by atoms with Crippen molar-refractivity contribution in [1.29, 1.82) is 0 Å². The smallest absolute Gasteiger partial charge is 0.143 e. The summed E-state index contributed by atoms with van der Waals surface area (Å²) >= 11 is 9.75. The Morgan fingerprint density at radius 1 is 1.44 bits per heavy atom. The Balaban J connectivity index is 2.11. The van der Waals surface area contributed by atoms with Gasteiger partial charge < -0.3 is 4.57 Å². The van der Waals surface area contributed by atoms with Crippen molar-refractivity contribution in [1.82, 2.24) is 14.8 Å². The van der Waals surface area contributed by atoms with Crippen LogP contribution in [0.1, 0.15) is 24.2 Å². The molecule has 94 valence electrons. The molecule has 1 aliphatic carbocycles. The molecule has 0 radical (unpaired) electrons. The van der Waals surface area contributed by atoms with Gasteiger partial charge in [-0.05, 0) is 30.5 Å². The molecule has 3 nitrogen and oxygen atoms in total. The molecule has 1 aliphatic rings. The number of hydrogen-bond acceptors (Lipinski definition) is 2. The first-order valence-corrected chi connectivity index (χ1v) is 7.09. The van der Waals surface area contributed by atoms with Crippen LogP contribution in [-0.4, -0.2) is 20.1 Å². The van der Waals surface area contributed by atoms with E-state index in [0.29, 0.717) is 0 Å². The minimum absolute atomic E-state index is 0.0819. The Bertz CT molecular complexity index is 575. The third-order valence-electron chi connectivity index (χ3n) is 3.66. The summed E-state index contributed by atoms with van der Waals surface area (Å²) < 4.78 is 3.07. The first kappa shape index (κ1) is 12.2. The molecule has 0 atom stereocenters. The van der Waals surface area contributed by atoms with Crippen molar-refractivity contribution in [2.75, 3.05) is 0 Å². The van der Waals surface area contributed by atoms with Gasteiger partial charge in [-0.25, -0.2) is 0 Å². The fourth-order valence-corrected chi connectivity index (χ4v) is 3.67. The first-order valence-electron chi connectivity index (χ1n) is 5.86. The summed E-state index contributed by atoms with van der Waals surface area (Å²) in [6, 6.07) is 8.38. The number of halogens is 2. The Morgan fingerprint density at radius 3 is 2.78 bits per heavy atom. The van der Waals surface area contributed by atoms with Crippen molar-refractivity contribution in [2.45, 2.75) is 23.6 Å². The van der Waals surface area contributed by atoms with E-state index in [1.54, 1.807) is 6.33 Å². The normalized spacial score (nSPS) is 26.9. The molecule has 5 heteroatoms. The Labute approximate surface area is 119 Å². The zero-order valence-electron chi connectivity index (χ0n) is 9.98. The van der Waals surface area contributed by atoms with Crippen LogP contribution >= 0.6 is 27.5 Å². The van der Waals surface area contributed by atoms with E-state index >= 15 is 0 Å². The average molecular weight is 327 g/mol. The van der Waals surface area contributed by atoms with Gasteiger partial charge in [0.1, 0.15) is 12.2 Å². The zero-order chi connectivity index (χ0) is 12.8. The maximum Gasteiger partial charge on any atom is 0.143 e. The number of alkyl halides is 1. The maximum absolute atomic E-state index is 6.22. The molecule has 0 amide bonds. The van der Waals surface area contributed by atoms with Crippen molar-refractivity contribution in [3.63, 3.8) is 0 Å². The van der Waals surface area contributed by atoms with E-state index in [0.717, 1.165) is 23.1 Å². The monoisotopic (exact) mass is 325 g/mol. The minimum Gasteiger partial charge on any atom is -0.320 e. The number of benzene rings is 1. The van der Waals surface area contributed by atoms with E-state index in [9.17, 15) is 0 Å². The molecular weight excluding hydrogens is 314 g/mol. The van der Waals surface area contributed by atoms with Crippen LogP contribution in [0.4, 0.5) is 0 Å². The lowest BCUT2D eigenvalue weighted by Crippen LogP contribution is -2.45. The summed E-state index contributed by atoms with van der Waals surface area (Å²) in [5.41, 5.74) is 1.17. The highest BCUT2D eigenvalue weighted by atomic mass is 79.9. The molecule has 1 aromatic heterocycles. The molecule has 0 saturated heterocycles. The molecular formula is C13H13BrClN3. The van der Waals surface area contributed by atoms with Crippen LogP contribution in [0.15, 0.2) is 35.1 Å². The Morgan fingerprint density at radius 2 is 2.22 bits per heavy atom. The van der Waals surface area contributed by atoms with E-state index in [-0.39, 0.29) is 10.8 Å². The van der Waals surface area contributed by atoms with Gasteiger partial charge in [0, 0.05) is 16.9 Å². The summed E-state index contributed by atoms with van der Waals surface area (Å²) in [7, 11) is 1.98. The molecule has 1 fully saturated rings. The van der Waals surface area contributed by atoms with Crippen LogP contribution < -0.4 is 0 Å². The first-order chi connectivity index (χ1) is 8.62. The van der Waals surface area contributed by atoms with Gasteiger partial charge in [-0.15, -0.1) is 21.8 Å². The molecule has 3 rings (SSSR count). The SMILES string of the molecule is Cn1cnnc1[C@]1(c2cccc(Br)c2)C[C@@H](Cl)C1. The Kier molecular flexibility index (Phi) is 2.94. The van der Waals surface area contributed by atoms with Crippen LogP contribution in [0, 0.1) is 0 Å². The van der Waals surface area contributed by atoms with Crippen LogP contribution in [0.25, 0.3) is 0 Å². The van der Waals surface area contributed by atoms with Crippen LogP contribution in [0.2, 0.25) is 0 Å². The topological polar surface area (TPSA) is 30.7 Å². The molecule has 2 aromatic rings. The summed E-state index contributed by atoms with van der Waals surface area (Å²) in [4.78, 5) is 0. The van der Waals surface area contributed by atoms with E-state index in [4.69, 9.17) is 11.6 Å². The van der Waals surface area contributed by atoms with Crippen molar-refractivity contribution in [3.8, 4) is 0 Å². The van der Waals surface area contributed by atoms with Crippen molar-refractivity contribution in [3.05, 3.63) is 46.5 Å². The fourth-order valence-electron chi connectivity index (χ4n) is 2.75. The van der Waals surface area contributed by atoms with Crippen molar-refractivity contribution >= 4 is 27.5 Å². The molecule has 1 aromatic carbocycles. The van der Waals surface area contributed by atoms with Gasteiger partial charge in [-0.1, -0.05) is 28.1 Å². The highest BCUT2D eigenvalue weighted by Gasteiger charge is 2.49. The average Bonchev–Trinajstić information content (AvgIpc) is 2.71. The van der Waals surface area contributed by atoms with Crippen LogP contribution in [-0.2, 0) is 12.5 Å². The number of rotatable bonds is 2. The van der Waals surface area contributed by atoms with Gasteiger partial charge >= 0.3 is 0 Å². The van der Waals surface area contributed by atoms with Crippen molar-refractivity contribution in [2.24, 2.45) is 7.05 Å². The third kappa shape index (κ3) is 1.79. The molecule has 0 N–H and O–H groups in total. The number of nitrogens with zero attached hydrogens (tertiary/aromatic N) is 3. The van der Waals surface area contributed by atoms with Gasteiger partial charge in [0.15, 0.2) is 0 Å². The summed E-state index contributed by atoms with van der Waals surface area (Å²) in [6.07, 6.45) is 3.58. The zero-order valence-corrected chi connectivity index (χ0v) is 12.3. The lowest BCUT2D eigenvalue weighted by atomic mass is 9.63. The second kappa shape index (κ2) is 4.35. The molecule has 0 spiro atoms. The second-order valence-electron chi connectivity index (χ2n) is 4.86. The Hall–Kier alpha value is -0.870. The van der Waals surface area contributed by atoms with Crippen LogP contribution in [0.5, 0.6) is 0 Å². The highest BCUT2D eigenvalue weighted by molar-refractivity contribution is 9.10. The van der Waals surface area contributed by atoms with E-state index in [2.05, 4.69) is 44.3 Å². The predicted molar refractivity (Wildman–Crippen MR) is 74.8 cm³/mol. The third-order valence-corrected chi connectivity index (χ3v) is 4.46. The summed E-state index contributed by atoms with van der Waals surface area (Å²) in [5, 5.41) is 8.51. The predicted octanol–water partition coefficient (Wildman–Crippen LogP) is 3.26. The minimum atomic E-state index is -0.0819. The van der Waals surface area contributed by atoms with E-state index in [1.165, 1.54) is 5.56 Å². The number of hydrogen-bond donors (Lipinski definition) is 0. The van der Waals surface area contributed by atoms with E-state index in [1.807, 2.05) is 17.7 Å². The largest absolute Gasteiger partial charge is 0.320 e. The molecule has 0 bridgehead atoms. The fraction of sp³-hybridized carbons (Fsp3) is 0.385. The standard InChI is InChI=1S/C13H13BrClN3/c1-18-8-16-17-12(18)13(6-11(15)7-13)9-3-2-4-10(14)5-9/h2-5,8,11H,6-7H2,1H3/t11-,13-. The van der Waals surface area contributed by atoms with Gasteiger partial charge in [-0.3, -0.25) is 0 Å². The summed E-state index contributed by atoms with van der Waals surface area (Å²) in [6.45, 7) is 0. The lowest BCUT2D eigenvalue weighted by molar-refractivity contribution is 0.285. The number of aromatic nitrogens is 3. The van der Waals surface area contributed by atoms with Gasteiger partial charge in [0.05, 0.1) is 5.41 Å². The molecule has 1 saturated carbocycles.